The van der Waals surface area contributed by atoms with E-state index in [0.717, 1.165) is 29.8 Å². The summed E-state index contributed by atoms with van der Waals surface area (Å²) in [7, 11) is 0. The highest BCUT2D eigenvalue weighted by atomic mass is 16.1. The molecule has 1 amide bonds. The predicted octanol–water partition coefficient (Wildman–Crippen LogP) is 1.96. The molecular formula is C15H15N7O. The summed E-state index contributed by atoms with van der Waals surface area (Å²) in [5.74, 6) is 0.502. The molecule has 1 fully saturated rings. The number of aromatic nitrogens is 6. The van der Waals surface area contributed by atoms with E-state index in [1.165, 1.54) is 0 Å². The third-order valence-electron chi connectivity index (χ3n) is 3.87. The Balaban J connectivity index is 1.65. The lowest BCUT2D eigenvalue weighted by Gasteiger charge is -2.09. The molecule has 23 heavy (non-hydrogen) atoms. The molecule has 0 saturated heterocycles. The van der Waals surface area contributed by atoms with Crippen LogP contribution in [0.2, 0.25) is 0 Å². The Bertz CT molecular complexity index is 849. The second-order valence-electron chi connectivity index (χ2n) is 5.63. The second-order valence-corrected chi connectivity index (χ2v) is 5.63. The van der Waals surface area contributed by atoms with Crippen molar-refractivity contribution in [2.45, 2.75) is 25.8 Å². The van der Waals surface area contributed by atoms with Crippen LogP contribution in [0.15, 0.2) is 30.5 Å². The first-order valence-electron chi connectivity index (χ1n) is 7.42. The van der Waals surface area contributed by atoms with Crippen LogP contribution in [0.1, 0.15) is 34.9 Å². The molecule has 1 saturated carbocycles. The lowest BCUT2D eigenvalue weighted by atomic mass is 10.1. The highest BCUT2D eigenvalue weighted by Gasteiger charge is 2.28. The number of H-pyrrole nitrogens is 1. The molecule has 8 heteroatoms. The first-order valence-corrected chi connectivity index (χ1v) is 7.42. The molecule has 0 atom stereocenters. The fourth-order valence-corrected chi connectivity index (χ4v) is 2.46. The van der Waals surface area contributed by atoms with E-state index in [1.807, 2.05) is 29.8 Å². The van der Waals surface area contributed by atoms with E-state index < -0.39 is 0 Å². The minimum Gasteiger partial charge on any atom is -0.321 e. The summed E-state index contributed by atoms with van der Waals surface area (Å²) in [5, 5.41) is 21.3. The molecule has 1 aliphatic rings. The standard InChI is InChI=1S/C15H15N7O/c1-9-2-3-10(17-15(23)13-6-7-16-18-13)8-12(9)14-19-20-21-22(14)11-4-5-11/h2-3,6-8,11H,4-5H2,1H3,(H,16,18)(H,17,23). The van der Waals surface area contributed by atoms with Crippen molar-refractivity contribution in [2.24, 2.45) is 0 Å². The Morgan fingerprint density at radius 1 is 1.35 bits per heavy atom. The average Bonchev–Trinajstić information content (AvgIpc) is 3.04. The smallest absolute Gasteiger partial charge is 0.273 e. The number of hydrogen-bond donors (Lipinski definition) is 2. The number of nitrogens with zero attached hydrogens (tertiary/aromatic N) is 5. The van der Waals surface area contributed by atoms with Gasteiger partial charge in [-0.15, -0.1) is 5.10 Å². The first kappa shape index (κ1) is 13.6. The Morgan fingerprint density at radius 3 is 2.96 bits per heavy atom. The molecule has 0 radical (unpaired) electrons. The van der Waals surface area contributed by atoms with Gasteiger partial charge < -0.3 is 5.32 Å². The molecule has 2 aromatic heterocycles. The van der Waals surface area contributed by atoms with E-state index in [9.17, 15) is 4.79 Å². The van der Waals surface area contributed by atoms with Crippen LogP contribution in [0, 0.1) is 6.92 Å². The van der Waals surface area contributed by atoms with Crippen LogP contribution in [-0.2, 0) is 0 Å². The lowest BCUT2D eigenvalue weighted by molar-refractivity contribution is 0.102. The van der Waals surface area contributed by atoms with Gasteiger partial charge in [0.1, 0.15) is 5.69 Å². The summed E-state index contributed by atoms with van der Waals surface area (Å²) in [4.78, 5) is 12.1. The molecule has 1 aromatic carbocycles. The van der Waals surface area contributed by atoms with Crippen molar-refractivity contribution in [2.75, 3.05) is 5.32 Å². The van der Waals surface area contributed by atoms with Gasteiger partial charge in [0.05, 0.1) is 6.04 Å². The molecule has 2 N–H and O–H groups in total. The van der Waals surface area contributed by atoms with Gasteiger partial charge in [-0.3, -0.25) is 9.89 Å². The van der Waals surface area contributed by atoms with Crippen LogP contribution < -0.4 is 5.32 Å². The highest BCUT2D eigenvalue weighted by Crippen LogP contribution is 2.37. The first-order chi connectivity index (χ1) is 11.2. The van der Waals surface area contributed by atoms with E-state index in [1.54, 1.807) is 12.3 Å². The molecular weight excluding hydrogens is 294 g/mol. The Kier molecular flexibility index (Phi) is 3.14. The maximum absolute atomic E-state index is 12.1. The van der Waals surface area contributed by atoms with E-state index in [-0.39, 0.29) is 5.91 Å². The third-order valence-corrected chi connectivity index (χ3v) is 3.87. The van der Waals surface area contributed by atoms with Gasteiger partial charge in [-0.1, -0.05) is 6.07 Å². The number of nitrogens with one attached hydrogen (secondary N) is 2. The molecule has 0 unspecified atom stereocenters. The van der Waals surface area contributed by atoms with Crippen molar-refractivity contribution in [3.05, 3.63) is 41.7 Å². The summed E-state index contributed by atoms with van der Waals surface area (Å²) in [6, 6.07) is 7.72. The van der Waals surface area contributed by atoms with E-state index in [4.69, 9.17) is 0 Å². The number of hydrogen-bond acceptors (Lipinski definition) is 5. The second kappa shape index (κ2) is 5.31. The topological polar surface area (TPSA) is 101 Å². The number of aryl methyl sites for hydroxylation is 1. The van der Waals surface area contributed by atoms with Crippen molar-refractivity contribution in [3.63, 3.8) is 0 Å². The maximum Gasteiger partial charge on any atom is 0.273 e. The average molecular weight is 309 g/mol. The number of carbonyl (C=O) groups is 1. The molecule has 4 rings (SSSR count). The van der Waals surface area contributed by atoms with Crippen molar-refractivity contribution < 1.29 is 4.79 Å². The fraction of sp³-hybridized carbons (Fsp3) is 0.267. The van der Waals surface area contributed by atoms with Crippen molar-refractivity contribution in [1.29, 1.82) is 0 Å². The van der Waals surface area contributed by atoms with Gasteiger partial charge in [0.25, 0.3) is 5.91 Å². The molecule has 8 nitrogen and oxygen atoms in total. The van der Waals surface area contributed by atoms with Crippen LogP contribution in [0.25, 0.3) is 11.4 Å². The number of carbonyl (C=O) groups excluding carboxylic acids is 1. The number of anilines is 1. The van der Waals surface area contributed by atoms with Gasteiger partial charge in [0.2, 0.25) is 0 Å². The zero-order valence-electron chi connectivity index (χ0n) is 12.5. The zero-order chi connectivity index (χ0) is 15.8. The van der Waals surface area contributed by atoms with Crippen molar-refractivity contribution in [3.8, 4) is 11.4 Å². The summed E-state index contributed by atoms with van der Waals surface area (Å²) >= 11 is 0. The number of amides is 1. The molecule has 0 aliphatic heterocycles. The molecule has 0 spiro atoms. The number of tetrazole rings is 1. The van der Waals surface area contributed by atoms with Gasteiger partial charge in [-0.2, -0.15) is 5.10 Å². The summed E-state index contributed by atoms with van der Waals surface area (Å²) < 4.78 is 1.86. The summed E-state index contributed by atoms with van der Waals surface area (Å²) in [6.07, 6.45) is 3.75. The number of benzene rings is 1. The monoisotopic (exact) mass is 309 g/mol. The van der Waals surface area contributed by atoms with Crippen LogP contribution >= 0.6 is 0 Å². The van der Waals surface area contributed by atoms with E-state index in [2.05, 4.69) is 31.0 Å². The van der Waals surface area contributed by atoms with Gasteiger partial charge in [-0.05, 0) is 54.0 Å². The van der Waals surface area contributed by atoms with Crippen LogP contribution in [0.3, 0.4) is 0 Å². The Morgan fingerprint density at radius 2 is 2.22 bits per heavy atom. The Labute approximate surface area is 131 Å². The molecule has 2 heterocycles. The minimum absolute atomic E-state index is 0.237. The van der Waals surface area contributed by atoms with Crippen LogP contribution in [0.5, 0.6) is 0 Å². The summed E-state index contributed by atoms with van der Waals surface area (Å²) in [6.45, 7) is 2.00. The number of aromatic amines is 1. The van der Waals surface area contributed by atoms with Gasteiger partial charge in [0.15, 0.2) is 5.82 Å². The van der Waals surface area contributed by atoms with Crippen molar-refractivity contribution in [1.82, 2.24) is 30.4 Å². The molecule has 1 aliphatic carbocycles. The van der Waals surface area contributed by atoms with Crippen LogP contribution in [-0.4, -0.2) is 36.3 Å². The third kappa shape index (κ3) is 2.59. The van der Waals surface area contributed by atoms with Gasteiger partial charge in [-0.25, -0.2) is 4.68 Å². The number of rotatable bonds is 4. The van der Waals surface area contributed by atoms with Crippen molar-refractivity contribution >= 4 is 11.6 Å². The molecule has 3 aromatic rings. The van der Waals surface area contributed by atoms with Crippen LogP contribution in [0.4, 0.5) is 5.69 Å². The van der Waals surface area contributed by atoms with E-state index >= 15 is 0 Å². The normalized spacial score (nSPS) is 14.0. The SMILES string of the molecule is Cc1ccc(NC(=O)c2ccn[nH]2)cc1-c1nnnn1C1CC1. The lowest BCUT2D eigenvalue weighted by Crippen LogP contribution is -2.12. The maximum atomic E-state index is 12.1. The quantitative estimate of drug-likeness (QED) is 0.767. The van der Waals surface area contributed by atoms with E-state index in [0.29, 0.717) is 17.4 Å². The van der Waals surface area contributed by atoms with Gasteiger partial charge >= 0.3 is 0 Å². The fourth-order valence-electron chi connectivity index (χ4n) is 2.46. The molecule has 0 bridgehead atoms. The Hall–Kier alpha value is -3.03. The van der Waals surface area contributed by atoms with Gasteiger partial charge in [0, 0.05) is 17.4 Å². The highest BCUT2D eigenvalue weighted by molar-refractivity contribution is 6.03. The summed E-state index contributed by atoms with van der Waals surface area (Å²) in [5.41, 5.74) is 3.08. The predicted molar refractivity (Wildman–Crippen MR) is 82.8 cm³/mol. The zero-order valence-corrected chi connectivity index (χ0v) is 12.5. The minimum atomic E-state index is -0.237. The molecule has 116 valence electrons. The largest absolute Gasteiger partial charge is 0.321 e.